The van der Waals surface area contributed by atoms with E-state index in [0.29, 0.717) is 125 Å². The maximum Gasteiger partial charge on any atom is 0.128 e. The summed E-state index contributed by atoms with van der Waals surface area (Å²) in [7, 11) is 1.61. The van der Waals surface area contributed by atoms with E-state index >= 15 is 0 Å². The van der Waals surface area contributed by atoms with E-state index in [1.165, 1.54) is 0 Å². The van der Waals surface area contributed by atoms with Gasteiger partial charge in [-0.3, -0.25) is 0 Å². The molecule has 7 aromatic rings. The first-order valence-electron chi connectivity index (χ1n) is 17.4. The summed E-state index contributed by atoms with van der Waals surface area (Å²) in [5, 5.41) is 3.12. The third-order valence-corrected chi connectivity index (χ3v) is 12.0. The second-order valence-corrected chi connectivity index (χ2v) is 16.0. The Hall–Kier alpha value is -4.69. The second kappa shape index (κ2) is 15.2. The molecule has 0 aliphatic carbocycles. The van der Waals surface area contributed by atoms with E-state index in [2.05, 4.69) is 9.97 Å². The summed E-state index contributed by atoms with van der Waals surface area (Å²) in [6.45, 7) is 0. The number of aromatic nitrogens is 4. The van der Waals surface area contributed by atoms with Gasteiger partial charge in [0.2, 0.25) is 0 Å². The van der Waals surface area contributed by atoms with Crippen LogP contribution in [0.3, 0.4) is 0 Å². The Morgan fingerprint density at radius 1 is 0.351 bits per heavy atom. The van der Waals surface area contributed by atoms with Crippen LogP contribution in [0.5, 0.6) is 5.75 Å². The van der Waals surface area contributed by atoms with Crippen LogP contribution in [0, 0.1) is 0 Å². The summed E-state index contributed by atoms with van der Waals surface area (Å²) in [4.78, 5) is 17.8. The normalized spacial score (nSPS) is 12.1. The Kier molecular flexibility index (Phi) is 10.1. The molecule has 3 aromatic heterocycles. The molecule has 2 N–H and O–H groups in total. The van der Waals surface area contributed by atoms with Crippen molar-refractivity contribution in [3.63, 3.8) is 0 Å². The smallest absolute Gasteiger partial charge is 0.128 e. The number of benzene rings is 4. The number of rotatable bonds is 5. The van der Waals surface area contributed by atoms with E-state index in [1.54, 1.807) is 61.7 Å². The minimum atomic E-state index is 0.429. The van der Waals surface area contributed by atoms with Gasteiger partial charge in [-0.15, -0.1) is 0 Å². The molecular formula is C45H25Cl7N4O. The zero-order valence-corrected chi connectivity index (χ0v) is 34.8. The van der Waals surface area contributed by atoms with Gasteiger partial charge in [0.05, 0.1) is 65.0 Å². The van der Waals surface area contributed by atoms with Crippen molar-refractivity contribution in [3.8, 4) is 50.3 Å². The van der Waals surface area contributed by atoms with Crippen LogP contribution in [-0.2, 0) is 0 Å². The average molecular weight is 886 g/mol. The topological polar surface area (TPSA) is 66.6 Å². The maximum atomic E-state index is 7.04. The predicted octanol–water partition coefficient (Wildman–Crippen LogP) is 15.9. The zero-order chi connectivity index (χ0) is 39.5. The first kappa shape index (κ1) is 37.9. The molecule has 0 atom stereocenters. The number of H-pyrrole nitrogens is 2. The van der Waals surface area contributed by atoms with Gasteiger partial charge in [0.1, 0.15) is 5.75 Å². The molecule has 0 saturated carbocycles. The average Bonchev–Trinajstić information content (AvgIpc) is 4.03. The predicted molar refractivity (Wildman–Crippen MR) is 242 cm³/mol. The maximum absolute atomic E-state index is 7.04. The summed E-state index contributed by atoms with van der Waals surface area (Å²) in [6.07, 6.45) is 7.64. The molecule has 57 heavy (non-hydrogen) atoms. The lowest BCUT2D eigenvalue weighted by Gasteiger charge is -2.12. The molecule has 0 fully saturated rings. The van der Waals surface area contributed by atoms with Gasteiger partial charge in [-0.1, -0.05) is 105 Å². The first-order chi connectivity index (χ1) is 27.6. The fraction of sp³-hybridized carbons (Fsp3) is 0.0222. The minimum Gasteiger partial charge on any atom is -0.496 e. The molecule has 2 aliphatic rings. The number of halogens is 7. The van der Waals surface area contributed by atoms with Gasteiger partial charge >= 0.3 is 0 Å². The summed E-state index contributed by atoms with van der Waals surface area (Å²) in [5.41, 5.74) is 10.2. The molecule has 0 spiro atoms. The summed E-state index contributed by atoms with van der Waals surface area (Å²) < 4.78 is 5.91. The third kappa shape index (κ3) is 6.62. The number of methoxy groups -OCH3 is 1. The Morgan fingerprint density at radius 3 is 1.02 bits per heavy atom. The molecule has 4 aromatic carbocycles. The van der Waals surface area contributed by atoms with E-state index in [4.69, 9.17) is 95.9 Å². The van der Waals surface area contributed by atoms with Crippen molar-refractivity contribution < 1.29 is 4.74 Å². The SMILES string of the molecule is COc1cccc(Cl)c1-c1c2ccc([nH]2)c(-c2c(Cl)cccc2Cl)c2nc(c(-c3c(Cl)cccc3Cl)c3nc(c(-c4c(Cl)cccc4Cl)c4ccc1[nH]4)C=C3)C=C2. The van der Waals surface area contributed by atoms with Crippen LogP contribution in [0.2, 0.25) is 35.2 Å². The second-order valence-electron chi connectivity index (χ2n) is 13.1. The van der Waals surface area contributed by atoms with Crippen LogP contribution in [0.25, 0.3) is 90.9 Å². The highest BCUT2D eigenvalue weighted by molar-refractivity contribution is 6.41. The molecule has 0 unspecified atom stereocenters. The van der Waals surface area contributed by atoms with Crippen LogP contribution < -0.4 is 4.74 Å². The first-order valence-corrected chi connectivity index (χ1v) is 20.1. The molecule has 0 saturated heterocycles. The molecular weight excluding hydrogens is 861 g/mol. The lowest BCUT2D eigenvalue weighted by Crippen LogP contribution is -1.93. The number of nitrogens with one attached hydrogen (secondary N) is 2. The Labute approximate surface area is 362 Å². The van der Waals surface area contributed by atoms with E-state index in [1.807, 2.05) is 66.8 Å². The van der Waals surface area contributed by atoms with Gasteiger partial charge in [0.15, 0.2) is 0 Å². The standard InChI is InChI=1S/C45H25Cl7N4O/c1-57-37-13-5-12-28(52)41(37)45-35-20-18-33(55-35)43(39-24(48)8-3-9-25(39)49)31-16-14-29(53-31)42(38-22(46)6-2-7-23(38)47)30-15-17-32(54-30)44(34-19-21-36(45)56-34)40-26(50)10-4-11-27(40)51/h2-21,55-56H,1H3. The van der Waals surface area contributed by atoms with E-state index in [9.17, 15) is 0 Å². The van der Waals surface area contributed by atoms with Crippen LogP contribution in [0.4, 0.5) is 0 Å². The quantitative estimate of drug-likeness (QED) is 0.181. The monoisotopic (exact) mass is 882 g/mol. The van der Waals surface area contributed by atoms with E-state index in [0.717, 1.165) is 5.56 Å². The van der Waals surface area contributed by atoms with E-state index in [-0.39, 0.29) is 0 Å². The van der Waals surface area contributed by atoms with Gasteiger partial charge in [-0.05, 0) is 97.1 Å². The number of nitrogens with zero attached hydrogens (tertiary/aromatic N) is 2. The Morgan fingerprint density at radius 2 is 0.649 bits per heavy atom. The largest absolute Gasteiger partial charge is 0.496 e. The fourth-order valence-corrected chi connectivity index (χ4v) is 9.40. The lowest BCUT2D eigenvalue weighted by molar-refractivity contribution is 0.416. The van der Waals surface area contributed by atoms with Crippen LogP contribution in [0.1, 0.15) is 22.8 Å². The highest BCUT2D eigenvalue weighted by Gasteiger charge is 2.25. The van der Waals surface area contributed by atoms with Crippen LogP contribution >= 0.6 is 81.2 Å². The van der Waals surface area contributed by atoms with Gasteiger partial charge in [0.25, 0.3) is 0 Å². The molecule has 0 radical (unpaired) electrons. The summed E-state index contributed by atoms with van der Waals surface area (Å²) in [5.74, 6) is 0.571. The number of hydrogen-bond acceptors (Lipinski definition) is 3. The van der Waals surface area contributed by atoms with Crippen molar-refractivity contribution in [1.29, 1.82) is 0 Å². The van der Waals surface area contributed by atoms with Gasteiger partial charge < -0.3 is 14.7 Å². The molecule has 12 heteroatoms. The van der Waals surface area contributed by atoms with Crippen molar-refractivity contribution >= 4 is 128 Å². The van der Waals surface area contributed by atoms with Gasteiger partial charge in [0, 0.05) is 66.6 Å². The number of aromatic amines is 2. The third-order valence-electron chi connectivity index (χ3n) is 9.84. The van der Waals surface area contributed by atoms with Crippen molar-refractivity contribution in [2.45, 2.75) is 0 Å². The van der Waals surface area contributed by atoms with Gasteiger partial charge in [-0.25, -0.2) is 9.97 Å². The number of ether oxygens (including phenoxy) is 1. The van der Waals surface area contributed by atoms with Crippen LogP contribution in [0.15, 0.2) is 97.1 Å². The Balaban J connectivity index is 1.55. The fourth-order valence-electron chi connectivity index (χ4n) is 7.39. The molecule has 280 valence electrons. The van der Waals surface area contributed by atoms with Gasteiger partial charge in [-0.2, -0.15) is 0 Å². The molecule has 2 aliphatic heterocycles. The van der Waals surface area contributed by atoms with Crippen LogP contribution in [-0.4, -0.2) is 27.0 Å². The minimum absolute atomic E-state index is 0.429. The Bertz CT molecular complexity index is 2840. The zero-order valence-electron chi connectivity index (χ0n) is 29.5. The highest BCUT2D eigenvalue weighted by atomic mass is 35.5. The van der Waals surface area contributed by atoms with Crippen molar-refractivity contribution in [1.82, 2.24) is 19.9 Å². The number of fused-ring (bicyclic) bond motifs is 8. The summed E-state index contributed by atoms with van der Waals surface area (Å²) in [6, 6.07) is 29.6. The molecule has 5 nitrogen and oxygen atoms in total. The molecule has 9 rings (SSSR count). The summed E-state index contributed by atoms with van der Waals surface area (Å²) >= 11 is 48.8. The highest BCUT2D eigenvalue weighted by Crippen LogP contribution is 2.46. The molecule has 5 heterocycles. The van der Waals surface area contributed by atoms with Crippen molar-refractivity contribution in [3.05, 3.63) is 155 Å². The van der Waals surface area contributed by atoms with E-state index < -0.39 is 0 Å². The molecule has 0 amide bonds. The van der Waals surface area contributed by atoms with Crippen molar-refractivity contribution in [2.24, 2.45) is 0 Å². The number of hydrogen-bond donors (Lipinski definition) is 2. The molecule has 8 bridgehead atoms. The lowest BCUT2D eigenvalue weighted by atomic mass is 10.0. The van der Waals surface area contributed by atoms with Crippen molar-refractivity contribution in [2.75, 3.05) is 7.11 Å².